The molecule has 4 heteroatoms. The highest BCUT2D eigenvalue weighted by Gasteiger charge is 2.34. The van der Waals surface area contributed by atoms with Gasteiger partial charge in [-0.3, -0.25) is 0 Å². The van der Waals surface area contributed by atoms with Gasteiger partial charge in [0.15, 0.2) is 0 Å². The van der Waals surface area contributed by atoms with Crippen molar-refractivity contribution in [2.45, 2.75) is 18.9 Å². The lowest BCUT2D eigenvalue weighted by Crippen LogP contribution is -2.40. The summed E-state index contributed by atoms with van der Waals surface area (Å²) in [5.74, 6) is 0.740. The van der Waals surface area contributed by atoms with Crippen molar-refractivity contribution in [2.24, 2.45) is 5.92 Å². The van der Waals surface area contributed by atoms with Crippen molar-refractivity contribution in [3.63, 3.8) is 0 Å². The average Bonchev–Trinajstić information content (AvgIpc) is 2.82. The quantitative estimate of drug-likeness (QED) is 0.866. The van der Waals surface area contributed by atoms with Crippen molar-refractivity contribution in [1.82, 2.24) is 5.32 Å². The number of benzene rings is 1. The second-order valence-electron chi connectivity index (χ2n) is 5.14. The summed E-state index contributed by atoms with van der Waals surface area (Å²) in [4.78, 5) is 2.36. The number of fused-ring (bicyclic) bond motifs is 1. The standard InChI is InChI=1S/C14H16BrN3/c15-12-4-3-10(7-16)14(6-12)18-8-11-2-1-5-17-13(11)9-18/h3-4,6,11,13,17H,1-2,5,8-9H2/t11-,13+/m0/s1. The molecule has 2 atom stereocenters. The number of piperidine rings is 1. The van der Waals surface area contributed by atoms with Crippen LogP contribution >= 0.6 is 15.9 Å². The van der Waals surface area contributed by atoms with Gasteiger partial charge in [0.05, 0.1) is 11.3 Å². The van der Waals surface area contributed by atoms with Crippen molar-refractivity contribution < 1.29 is 0 Å². The molecule has 1 N–H and O–H groups in total. The molecule has 0 bridgehead atoms. The van der Waals surface area contributed by atoms with Gasteiger partial charge < -0.3 is 10.2 Å². The smallest absolute Gasteiger partial charge is 0.101 e. The number of nitrogens with one attached hydrogen (secondary N) is 1. The van der Waals surface area contributed by atoms with E-state index in [2.05, 4.69) is 38.3 Å². The molecule has 0 amide bonds. The fourth-order valence-corrected chi connectivity index (χ4v) is 3.45. The molecule has 2 aliphatic rings. The molecule has 2 heterocycles. The first kappa shape index (κ1) is 12.0. The Balaban J connectivity index is 1.88. The summed E-state index contributed by atoms with van der Waals surface area (Å²) in [5, 5.41) is 12.8. The maximum atomic E-state index is 9.22. The molecular formula is C14H16BrN3. The molecule has 2 saturated heterocycles. The maximum absolute atomic E-state index is 9.22. The predicted octanol–water partition coefficient (Wildman–Crippen LogP) is 2.51. The third-order valence-electron chi connectivity index (χ3n) is 4.02. The molecule has 2 fully saturated rings. The second kappa shape index (κ2) is 4.91. The molecule has 0 unspecified atom stereocenters. The van der Waals surface area contributed by atoms with Crippen LogP contribution in [0.2, 0.25) is 0 Å². The van der Waals surface area contributed by atoms with Gasteiger partial charge in [0.25, 0.3) is 0 Å². The zero-order chi connectivity index (χ0) is 12.5. The molecule has 1 aromatic rings. The Bertz CT molecular complexity index is 480. The number of anilines is 1. The fraction of sp³-hybridized carbons (Fsp3) is 0.500. The largest absolute Gasteiger partial charge is 0.369 e. The highest BCUT2D eigenvalue weighted by Crippen LogP contribution is 2.32. The van der Waals surface area contributed by atoms with Crippen LogP contribution in [-0.4, -0.2) is 25.7 Å². The van der Waals surface area contributed by atoms with Crippen LogP contribution in [0.25, 0.3) is 0 Å². The lowest BCUT2D eigenvalue weighted by atomic mass is 9.94. The monoisotopic (exact) mass is 305 g/mol. The predicted molar refractivity (Wildman–Crippen MR) is 75.6 cm³/mol. The normalized spacial score (nSPS) is 26.8. The van der Waals surface area contributed by atoms with Crippen molar-refractivity contribution >= 4 is 21.6 Å². The van der Waals surface area contributed by atoms with E-state index in [1.165, 1.54) is 12.8 Å². The molecule has 0 aliphatic carbocycles. The number of nitrogens with zero attached hydrogens (tertiary/aromatic N) is 2. The van der Waals surface area contributed by atoms with E-state index in [0.29, 0.717) is 6.04 Å². The summed E-state index contributed by atoms with van der Waals surface area (Å²) in [6.45, 7) is 3.23. The van der Waals surface area contributed by atoms with Crippen LogP contribution in [0.1, 0.15) is 18.4 Å². The molecule has 1 aromatic carbocycles. The molecule has 2 aliphatic heterocycles. The Morgan fingerprint density at radius 3 is 3.06 bits per heavy atom. The summed E-state index contributed by atoms with van der Waals surface area (Å²) in [6, 6.07) is 8.80. The van der Waals surface area contributed by atoms with Gasteiger partial charge in [0.1, 0.15) is 6.07 Å². The van der Waals surface area contributed by atoms with Crippen LogP contribution in [0.5, 0.6) is 0 Å². The maximum Gasteiger partial charge on any atom is 0.101 e. The SMILES string of the molecule is N#Cc1ccc(Br)cc1N1C[C@@H]2CCCN[C@@H]2C1. The molecular weight excluding hydrogens is 290 g/mol. The third-order valence-corrected chi connectivity index (χ3v) is 4.51. The second-order valence-corrected chi connectivity index (χ2v) is 6.06. The van der Waals surface area contributed by atoms with E-state index >= 15 is 0 Å². The first-order valence-corrected chi connectivity index (χ1v) is 7.25. The van der Waals surface area contributed by atoms with Crippen molar-refractivity contribution in [2.75, 3.05) is 24.5 Å². The number of halogens is 1. The van der Waals surface area contributed by atoms with Crippen LogP contribution < -0.4 is 10.2 Å². The molecule has 0 spiro atoms. The van der Waals surface area contributed by atoms with Gasteiger partial charge >= 0.3 is 0 Å². The molecule has 0 saturated carbocycles. The Hall–Kier alpha value is -1.05. The van der Waals surface area contributed by atoms with Crippen LogP contribution in [0.15, 0.2) is 22.7 Å². The number of hydrogen-bond donors (Lipinski definition) is 1. The Kier molecular flexibility index (Phi) is 3.27. The minimum atomic E-state index is 0.601. The minimum Gasteiger partial charge on any atom is -0.369 e. The zero-order valence-electron chi connectivity index (χ0n) is 10.2. The van der Waals surface area contributed by atoms with E-state index < -0.39 is 0 Å². The third kappa shape index (κ3) is 2.13. The lowest BCUT2D eigenvalue weighted by molar-refractivity contribution is 0.340. The Morgan fingerprint density at radius 2 is 2.28 bits per heavy atom. The minimum absolute atomic E-state index is 0.601. The van der Waals surface area contributed by atoms with Crippen molar-refractivity contribution in [1.29, 1.82) is 5.26 Å². The van der Waals surface area contributed by atoms with E-state index in [1.54, 1.807) is 0 Å². The zero-order valence-corrected chi connectivity index (χ0v) is 11.8. The highest BCUT2D eigenvalue weighted by atomic mass is 79.9. The van der Waals surface area contributed by atoms with Crippen LogP contribution in [0, 0.1) is 17.2 Å². The van der Waals surface area contributed by atoms with Crippen LogP contribution in [-0.2, 0) is 0 Å². The van der Waals surface area contributed by atoms with E-state index in [-0.39, 0.29) is 0 Å². The number of nitriles is 1. The first-order valence-electron chi connectivity index (χ1n) is 6.46. The van der Waals surface area contributed by atoms with Gasteiger partial charge in [-0.1, -0.05) is 15.9 Å². The summed E-state index contributed by atoms with van der Waals surface area (Å²) in [6.07, 6.45) is 2.59. The number of hydrogen-bond acceptors (Lipinski definition) is 3. The van der Waals surface area contributed by atoms with Gasteiger partial charge in [-0.2, -0.15) is 5.26 Å². The Morgan fingerprint density at radius 1 is 1.39 bits per heavy atom. The first-order chi connectivity index (χ1) is 8.78. The van der Waals surface area contributed by atoms with Crippen LogP contribution in [0.3, 0.4) is 0 Å². The van der Waals surface area contributed by atoms with Gasteiger partial charge in [-0.05, 0) is 43.5 Å². The van der Waals surface area contributed by atoms with Gasteiger partial charge in [0, 0.05) is 23.6 Å². The van der Waals surface area contributed by atoms with E-state index in [4.69, 9.17) is 0 Å². The topological polar surface area (TPSA) is 39.1 Å². The average molecular weight is 306 g/mol. The molecule has 3 nitrogen and oxygen atoms in total. The summed E-state index contributed by atoms with van der Waals surface area (Å²) >= 11 is 3.50. The summed E-state index contributed by atoms with van der Waals surface area (Å²) in [5.41, 5.74) is 1.85. The van der Waals surface area contributed by atoms with E-state index in [9.17, 15) is 5.26 Å². The molecule has 94 valence electrons. The molecule has 3 rings (SSSR count). The van der Waals surface area contributed by atoms with Crippen LogP contribution in [0.4, 0.5) is 5.69 Å². The van der Waals surface area contributed by atoms with Gasteiger partial charge in [-0.25, -0.2) is 0 Å². The molecule has 0 radical (unpaired) electrons. The number of rotatable bonds is 1. The molecule has 18 heavy (non-hydrogen) atoms. The summed E-state index contributed by atoms with van der Waals surface area (Å²) in [7, 11) is 0. The van der Waals surface area contributed by atoms with Crippen molar-refractivity contribution in [3.8, 4) is 6.07 Å². The molecule has 0 aromatic heterocycles. The van der Waals surface area contributed by atoms with E-state index in [0.717, 1.165) is 41.3 Å². The van der Waals surface area contributed by atoms with Gasteiger partial charge in [0.2, 0.25) is 0 Å². The van der Waals surface area contributed by atoms with Crippen molar-refractivity contribution in [3.05, 3.63) is 28.2 Å². The van der Waals surface area contributed by atoms with E-state index in [1.807, 2.05) is 12.1 Å². The Labute approximate surface area is 116 Å². The van der Waals surface area contributed by atoms with Gasteiger partial charge in [-0.15, -0.1) is 0 Å². The summed E-state index contributed by atoms with van der Waals surface area (Å²) < 4.78 is 1.04. The lowest BCUT2D eigenvalue weighted by Gasteiger charge is -2.24. The fourth-order valence-electron chi connectivity index (χ4n) is 3.10. The highest BCUT2D eigenvalue weighted by molar-refractivity contribution is 9.10.